The standard InChI is InChI=1S/C26H24N2/c1-18-5-4-6-24(15-18)25-14-11-22(17-27-25)16-21-9-12-23(13-10-21)26-19(2)7-8-20(3)28-26/h4-15,17H,16H2,1-3H3. The summed E-state index contributed by atoms with van der Waals surface area (Å²) in [7, 11) is 0. The van der Waals surface area contributed by atoms with Crippen LogP contribution in [0.2, 0.25) is 0 Å². The van der Waals surface area contributed by atoms with Crippen molar-refractivity contribution in [2.75, 3.05) is 0 Å². The normalized spacial score (nSPS) is 10.8. The van der Waals surface area contributed by atoms with E-state index in [-0.39, 0.29) is 0 Å². The van der Waals surface area contributed by atoms with E-state index in [1.165, 1.54) is 22.3 Å². The molecule has 0 aliphatic carbocycles. The fourth-order valence-corrected chi connectivity index (χ4v) is 3.44. The number of hydrogen-bond donors (Lipinski definition) is 0. The Morgan fingerprint density at radius 2 is 1.50 bits per heavy atom. The van der Waals surface area contributed by atoms with E-state index in [2.05, 4.69) is 91.6 Å². The van der Waals surface area contributed by atoms with Crippen LogP contribution in [0.5, 0.6) is 0 Å². The molecular formula is C26H24N2. The number of pyridine rings is 2. The van der Waals surface area contributed by atoms with Gasteiger partial charge < -0.3 is 0 Å². The van der Waals surface area contributed by atoms with Gasteiger partial charge in [0, 0.05) is 23.0 Å². The molecule has 4 rings (SSSR count). The molecule has 0 bridgehead atoms. The highest BCUT2D eigenvalue weighted by Crippen LogP contribution is 2.23. The zero-order valence-electron chi connectivity index (χ0n) is 16.6. The Hall–Kier alpha value is -3.26. The summed E-state index contributed by atoms with van der Waals surface area (Å²) in [4.78, 5) is 9.35. The zero-order valence-corrected chi connectivity index (χ0v) is 16.6. The number of nitrogens with zero attached hydrogens (tertiary/aromatic N) is 2. The van der Waals surface area contributed by atoms with Crippen LogP contribution in [0, 0.1) is 20.8 Å². The van der Waals surface area contributed by atoms with Crippen LogP contribution in [0.25, 0.3) is 22.5 Å². The first-order valence-corrected chi connectivity index (χ1v) is 9.64. The number of aryl methyl sites for hydroxylation is 3. The molecule has 0 atom stereocenters. The summed E-state index contributed by atoms with van der Waals surface area (Å²) in [6.45, 7) is 6.25. The third-order valence-corrected chi connectivity index (χ3v) is 5.01. The van der Waals surface area contributed by atoms with E-state index in [0.717, 1.165) is 34.6 Å². The van der Waals surface area contributed by atoms with E-state index >= 15 is 0 Å². The monoisotopic (exact) mass is 364 g/mol. The Morgan fingerprint density at radius 3 is 2.21 bits per heavy atom. The van der Waals surface area contributed by atoms with Crippen molar-refractivity contribution < 1.29 is 0 Å². The third-order valence-electron chi connectivity index (χ3n) is 5.01. The average molecular weight is 364 g/mol. The minimum absolute atomic E-state index is 0.877. The van der Waals surface area contributed by atoms with Crippen LogP contribution in [0.1, 0.15) is 27.9 Å². The summed E-state index contributed by atoms with van der Waals surface area (Å²) in [6.07, 6.45) is 2.86. The van der Waals surface area contributed by atoms with Crippen molar-refractivity contribution in [1.82, 2.24) is 9.97 Å². The quantitative estimate of drug-likeness (QED) is 0.423. The molecule has 0 aliphatic rings. The lowest BCUT2D eigenvalue weighted by Crippen LogP contribution is -1.93. The molecule has 0 saturated heterocycles. The van der Waals surface area contributed by atoms with Crippen LogP contribution in [-0.4, -0.2) is 9.97 Å². The van der Waals surface area contributed by atoms with Crippen molar-refractivity contribution in [2.45, 2.75) is 27.2 Å². The molecular weight excluding hydrogens is 340 g/mol. The minimum atomic E-state index is 0.877. The summed E-state index contributed by atoms with van der Waals surface area (Å²) >= 11 is 0. The highest BCUT2D eigenvalue weighted by molar-refractivity contribution is 5.63. The number of benzene rings is 2. The lowest BCUT2D eigenvalue weighted by Gasteiger charge is -2.08. The molecule has 28 heavy (non-hydrogen) atoms. The molecule has 2 aromatic carbocycles. The van der Waals surface area contributed by atoms with Crippen LogP contribution in [0.3, 0.4) is 0 Å². The SMILES string of the molecule is Cc1cccc(-c2ccc(Cc3ccc(-c4nc(C)ccc4C)cc3)cn2)c1. The fraction of sp³-hybridized carbons (Fsp3) is 0.154. The lowest BCUT2D eigenvalue weighted by atomic mass is 10.0. The van der Waals surface area contributed by atoms with Gasteiger partial charge in [-0.15, -0.1) is 0 Å². The van der Waals surface area contributed by atoms with E-state index in [4.69, 9.17) is 4.98 Å². The summed E-state index contributed by atoms with van der Waals surface area (Å²) in [5.41, 5.74) is 10.4. The van der Waals surface area contributed by atoms with Gasteiger partial charge in [-0.05, 0) is 62.1 Å². The number of hydrogen-bond acceptors (Lipinski definition) is 2. The van der Waals surface area contributed by atoms with Crippen molar-refractivity contribution >= 4 is 0 Å². The van der Waals surface area contributed by atoms with Gasteiger partial charge in [-0.25, -0.2) is 0 Å². The van der Waals surface area contributed by atoms with Crippen molar-refractivity contribution in [3.05, 3.63) is 107 Å². The van der Waals surface area contributed by atoms with E-state index in [1.807, 2.05) is 13.1 Å². The Labute approximate surface area is 167 Å². The maximum atomic E-state index is 4.69. The largest absolute Gasteiger partial charge is 0.256 e. The van der Waals surface area contributed by atoms with Gasteiger partial charge in [0.05, 0.1) is 11.4 Å². The maximum Gasteiger partial charge on any atom is 0.0734 e. The molecule has 2 nitrogen and oxygen atoms in total. The fourth-order valence-electron chi connectivity index (χ4n) is 3.44. The molecule has 0 fully saturated rings. The summed E-state index contributed by atoms with van der Waals surface area (Å²) in [5.74, 6) is 0. The van der Waals surface area contributed by atoms with Crippen LogP contribution < -0.4 is 0 Å². The summed E-state index contributed by atoms with van der Waals surface area (Å²) in [6, 6.07) is 25.6. The molecule has 0 spiro atoms. The molecule has 2 heterocycles. The van der Waals surface area contributed by atoms with Gasteiger partial charge in [0.2, 0.25) is 0 Å². The molecule has 138 valence electrons. The predicted octanol–water partition coefficient (Wildman–Crippen LogP) is 6.33. The Kier molecular flexibility index (Phi) is 5.03. The van der Waals surface area contributed by atoms with Gasteiger partial charge in [-0.1, -0.05) is 60.2 Å². The molecule has 0 aliphatic heterocycles. The second-order valence-corrected chi connectivity index (χ2v) is 7.41. The Morgan fingerprint density at radius 1 is 0.714 bits per heavy atom. The maximum absolute atomic E-state index is 4.69. The van der Waals surface area contributed by atoms with Gasteiger partial charge in [0.25, 0.3) is 0 Å². The van der Waals surface area contributed by atoms with Crippen LogP contribution in [0.4, 0.5) is 0 Å². The van der Waals surface area contributed by atoms with E-state index in [1.54, 1.807) is 0 Å². The number of rotatable bonds is 4. The lowest BCUT2D eigenvalue weighted by molar-refractivity contribution is 1.14. The van der Waals surface area contributed by atoms with Crippen molar-refractivity contribution in [3.63, 3.8) is 0 Å². The number of aromatic nitrogens is 2. The van der Waals surface area contributed by atoms with Crippen LogP contribution in [-0.2, 0) is 6.42 Å². The zero-order chi connectivity index (χ0) is 19.5. The molecule has 2 aromatic heterocycles. The summed E-state index contributed by atoms with van der Waals surface area (Å²) < 4.78 is 0. The topological polar surface area (TPSA) is 25.8 Å². The molecule has 0 N–H and O–H groups in total. The predicted molar refractivity (Wildman–Crippen MR) is 116 cm³/mol. The van der Waals surface area contributed by atoms with Gasteiger partial charge in [-0.3, -0.25) is 9.97 Å². The van der Waals surface area contributed by atoms with Crippen molar-refractivity contribution in [1.29, 1.82) is 0 Å². The van der Waals surface area contributed by atoms with Crippen molar-refractivity contribution in [2.24, 2.45) is 0 Å². The van der Waals surface area contributed by atoms with E-state index < -0.39 is 0 Å². The van der Waals surface area contributed by atoms with Crippen LogP contribution >= 0.6 is 0 Å². The smallest absolute Gasteiger partial charge is 0.0734 e. The molecule has 2 heteroatoms. The summed E-state index contributed by atoms with van der Waals surface area (Å²) in [5, 5.41) is 0. The molecule has 4 aromatic rings. The van der Waals surface area contributed by atoms with Crippen LogP contribution in [0.15, 0.2) is 79.0 Å². The molecule has 0 saturated carbocycles. The third kappa shape index (κ3) is 4.01. The van der Waals surface area contributed by atoms with Gasteiger partial charge in [0.1, 0.15) is 0 Å². The second-order valence-electron chi connectivity index (χ2n) is 7.41. The first kappa shape index (κ1) is 18.1. The first-order valence-electron chi connectivity index (χ1n) is 9.64. The van der Waals surface area contributed by atoms with E-state index in [9.17, 15) is 0 Å². The molecule has 0 radical (unpaired) electrons. The highest BCUT2D eigenvalue weighted by Gasteiger charge is 2.05. The van der Waals surface area contributed by atoms with Crippen molar-refractivity contribution in [3.8, 4) is 22.5 Å². The molecule has 0 unspecified atom stereocenters. The first-order chi connectivity index (χ1) is 13.6. The van der Waals surface area contributed by atoms with Gasteiger partial charge in [0.15, 0.2) is 0 Å². The minimum Gasteiger partial charge on any atom is -0.256 e. The molecule has 0 amide bonds. The van der Waals surface area contributed by atoms with Gasteiger partial charge in [-0.2, -0.15) is 0 Å². The van der Waals surface area contributed by atoms with E-state index in [0.29, 0.717) is 0 Å². The Balaban J connectivity index is 1.51. The highest BCUT2D eigenvalue weighted by atomic mass is 14.7. The van der Waals surface area contributed by atoms with Gasteiger partial charge >= 0.3 is 0 Å². The second kappa shape index (κ2) is 7.77. The average Bonchev–Trinajstić information content (AvgIpc) is 2.71. The Bertz CT molecular complexity index is 1090.